The minimum atomic E-state index is -4.58. The Labute approximate surface area is 195 Å². The highest BCUT2D eigenvalue weighted by molar-refractivity contribution is 5.92. The van der Waals surface area contributed by atoms with E-state index in [-0.39, 0.29) is 23.9 Å². The summed E-state index contributed by atoms with van der Waals surface area (Å²) in [7, 11) is 0. The van der Waals surface area contributed by atoms with Gasteiger partial charge in [-0.05, 0) is 63.8 Å². The lowest BCUT2D eigenvalue weighted by Crippen LogP contribution is -2.55. The molecule has 2 saturated heterocycles. The number of amides is 2. The molecular weight excluding hydrogens is 449 g/mol. The van der Waals surface area contributed by atoms with Gasteiger partial charge in [-0.2, -0.15) is 13.2 Å². The number of alkyl halides is 3. The summed E-state index contributed by atoms with van der Waals surface area (Å²) in [5.74, 6) is -0.623. The zero-order valence-electron chi connectivity index (χ0n) is 18.9. The molecule has 3 atom stereocenters. The number of aromatic nitrogens is 1. The molecule has 0 aliphatic carbocycles. The Morgan fingerprint density at radius 1 is 1.09 bits per heavy atom. The minimum Gasteiger partial charge on any atom is -0.477 e. The number of carbonyl (C=O) groups is 2. The third-order valence-electron chi connectivity index (χ3n) is 6.47. The number of hydrogen-bond donors (Lipinski definition) is 2. The quantitative estimate of drug-likeness (QED) is 0.663. The Balaban J connectivity index is 1.42. The molecule has 1 aromatic carbocycles. The fraction of sp³-hybridized carbons (Fsp3) is 0.458. The van der Waals surface area contributed by atoms with Crippen LogP contribution in [-0.4, -0.2) is 40.5 Å². The van der Waals surface area contributed by atoms with Gasteiger partial charge in [0, 0.05) is 24.3 Å². The molecule has 0 saturated carbocycles. The Morgan fingerprint density at radius 3 is 2.29 bits per heavy atom. The largest absolute Gasteiger partial charge is 0.477 e. The predicted molar refractivity (Wildman–Crippen MR) is 119 cm³/mol. The standard InChI is InChI=1S/C24H27F3N4O3/c1-23(2,34-19-6-4-3-5-18(19)24(25,26)27)22(33)30-15-11-16-8-9-17(12-15)31(16)20-10-7-14(13-29-20)21(28)32/h3-7,10,13,15-17H,8-9,11-12H2,1-2H3,(H2,28,32)(H,30,33)/t15-,16+,17-. The fourth-order valence-corrected chi connectivity index (χ4v) is 4.82. The predicted octanol–water partition coefficient (Wildman–Crippen LogP) is 3.67. The van der Waals surface area contributed by atoms with E-state index in [0.29, 0.717) is 18.4 Å². The van der Waals surface area contributed by atoms with Crippen LogP contribution < -0.4 is 20.7 Å². The van der Waals surface area contributed by atoms with Crippen molar-refractivity contribution < 1.29 is 27.5 Å². The maximum Gasteiger partial charge on any atom is 0.419 e. The van der Waals surface area contributed by atoms with Crippen molar-refractivity contribution in [1.29, 1.82) is 0 Å². The number of halogens is 3. The lowest BCUT2D eigenvalue weighted by molar-refractivity contribution is -0.143. The lowest BCUT2D eigenvalue weighted by atomic mass is 9.96. The summed E-state index contributed by atoms with van der Waals surface area (Å²) >= 11 is 0. The van der Waals surface area contributed by atoms with E-state index in [1.54, 1.807) is 12.1 Å². The number of nitrogens with one attached hydrogen (secondary N) is 1. The van der Waals surface area contributed by atoms with Gasteiger partial charge in [0.25, 0.3) is 5.91 Å². The molecule has 34 heavy (non-hydrogen) atoms. The monoisotopic (exact) mass is 476 g/mol. The first kappa shape index (κ1) is 23.8. The average molecular weight is 476 g/mol. The van der Waals surface area contributed by atoms with E-state index in [9.17, 15) is 22.8 Å². The molecule has 0 unspecified atom stereocenters. The van der Waals surface area contributed by atoms with E-state index in [1.807, 2.05) is 0 Å². The molecule has 0 spiro atoms. The van der Waals surface area contributed by atoms with Gasteiger partial charge in [0.2, 0.25) is 5.91 Å². The number of primary amides is 1. The second-order valence-corrected chi connectivity index (χ2v) is 9.31. The number of carbonyl (C=O) groups excluding carboxylic acids is 2. The summed E-state index contributed by atoms with van der Waals surface area (Å²) in [6.07, 6.45) is 0.111. The SMILES string of the molecule is CC(C)(Oc1ccccc1C(F)(F)F)C(=O)N[C@H]1C[C@H]2CC[C@@H](C1)N2c1ccc(C(N)=O)cn1. The number of pyridine rings is 1. The summed E-state index contributed by atoms with van der Waals surface area (Å²) in [6.45, 7) is 2.92. The van der Waals surface area contributed by atoms with Gasteiger partial charge in [-0.25, -0.2) is 4.98 Å². The van der Waals surface area contributed by atoms with Gasteiger partial charge in [-0.15, -0.1) is 0 Å². The number of fused-ring (bicyclic) bond motifs is 2. The van der Waals surface area contributed by atoms with Crippen molar-refractivity contribution in [3.8, 4) is 5.75 Å². The number of piperidine rings is 1. The van der Waals surface area contributed by atoms with E-state index in [0.717, 1.165) is 24.7 Å². The second-order valence-electron chi connectivity index (χ2n) is 9.31. The third-order valence-corrected chi connectivity index (χ3v) is 6.47. The summed E-state index contributed by atoms with van der Waals surface area (Å²) in [6, 6.07) is 8.48. The van der Waals surface area contributed by atoms with Crippen molar-refractivity contribution in [1.82, 2.24) is 10.3 Å². The number of nitrogens with zero attached hydrogens (tertiary/aromatic N) is 2. The molecule has 1 aromatic heterocycles. The van der Waals surface area contributed by atoms with Crippen LogP contribution in [0.5, 0.6) is 5.75 Å². The van der Waals surface area contributed by atoms with E-state index >= 15 is 0 Å². The maximum absolute atomic E-state index is 13.3. The molecule has 3 N–H and O–H groups in total. The van der Waals surface area contributed by atoms with Crippen LogP contribution in [0.15, 0.2) is 42.6 Å². The maximum atomic E-state index is 13.3. The Hall–Kier alpha value is -3.30. The van der Waals surface area contributed by atoms with Crippen LogP contribution in [0.4, 0.5) is 19.0 Å². The Morgan fingerprint density at radius 2 is 1.74 bits per heavy atom. The fourth-order valence-electron chi connectivity index (χ4n) is 4.82. The van der Waals surface area contributed by atoms with Crippen molar-refractivity contribution in [2.75, 3.05) is 4.90 Å². The highest BCUT2D eigenvalue weighted by Crippen LogP contribution is 2.39. The Bertz CT molecular complexity index is 1060. The highest BCUT2D eigenvalue weighted by atomic mass is 19.4. The van der Waals surface area contributed by atoms with E-state index < -0.39 is 29.2 Å². The van der Waals surface area contributed by atoms with Gasteiger partial charge in [-0.1, -0.05) is 12.1 Å². The third kappa shape index (κ3) is 4.80. The van der Waals surface area contributed by atoms with Crippen LogP contribution in [0, 0.1) is 0 Å². The van der Waals surface area contributed by atoms with Crippen molar-refractivity contribution >= 4 is 17.6 Å². The van der Waals surface area contributed by atoms with Crippen molar-refractivity contribution in [3.05, 3.63) is 53.7 Å². The molecule has 4 rings (SSSR count). The van der Waals surface area contributed by atoms with Gasteiger partial charge in [-0.3, -0.25) is 9.59 Å². The van der Waals surface area contributed by atoms with Crippen molar-refractivity contribution in [3.63, 3.8) is 0 Å². The molecule has 2 aromatic rings. The number of ether oxygens (including phenoxy) is 1. The number of anilines is 1. The molecule has 2 fully saturated rings. The van der Waals surface area contributed by atoms with Gasteiger partial charge in [0.05, 0.1) is 11.1 Å². The number of rotatable bonds is 6. The first-order chi connectivity index (χ1) is 16.0. The van der Waals surface area contributed by atoms with Gasteiger partial charge in [0.15, 0.2) is 5.60 Å². The van der Waals surface area contributed by atoms with Crippen LogP contribution in [-0.2, 0) is 11.0 Å². The van der Waals surface area contributed by atoms with Crippen LogP contribution in [0.3, 0.4) is 0 Å². The molecule has 2 aliphatic heterocycles. The molecule has 3 heterocycles. The van der Waals surface area contributed by atoms with Gasteiger partial charge < -0.3 is 20.7 Å². The number of hydrogen-bond acceptors (Lipinski definition) is 5. The molecular formula is C24H27F3N4O3. The zero-order chi connectivity index (χ0) is 24.7. The van der Waals surface area contributed by atoms with Crippen LogP contribution in [0.1, 0.15) is 55.5 Å². The molecule has 2 amide bonds. The normalized spacial score (nSPS) is 22.4. The zero-order valence-corrected chi connectivity index (χ0v) is 18.9. The molecule has 7 nitrogen and oxygen atoms in total. The summed E-state index contributed by atoms with van der Waals surface area (Å²) in [5, 5.41) is 2.98. The molecule has 10 heteroatoms. The van der Waals surface area contributed by atoms with Crippen LogP contribution in [0.25, 0.3) is 0 Å². The molecule has 2 aliphatic rings. The lowest BCUT2D eigenvalue weighted by Gasteiger charge is -2.41. The molecule has 182 valence electrons. The smallest absolute Gasteiger partial charge is 0.419 e. The number of benzene rings is 1. The van der Waals surface area contributed by atoms with E-state index in [2.05, 4.69) is 15.2 Å². The van der Waals surface area contributed by atoms with Crippen molar-refractivity contribution in [2.24, 2.45) is 5.73 Å². The highest BCUT2D eigenvalue weighted by Gasteiger charge is 2.43. The van der Waals surface area contributed by atoms with Crippen LogP contribution >= 0.6 is 0 Å². The van der Waals surface area contributed by atoms with Gasteiger partial charge >= 0.3 is 6.18 Å². The average Bonchev–Trinajstić information content (AvgIpc) is 3.03. The molecule has 2 bridgehead atoms. The van der Waals surface area contributed by atoms with E-state index in [4.69, 9.17) is 10.5 Å². The van der Waals surface area contributed by atoms with Gasteiger partial charge in [0.1, 0.15) is 11.6 Å². The summed E-state index contributed by atoms with van der Waals surface area (Å²) < 4.78 is 45.5. The van der Waals surface area contributed by atoms with E-state index in [1.165, 1.54) is 38.2 Å². The first-order valence-corrected chi connectivity index (χ1v) is 11.2. The second kappa shape index (κ2) is 8.81. The topological polar surface area (TPSA) is 97.5 Å². The van der Waals surface area contributed by atoms with Crippen molar-refractivity contribution in [2.45, 2.75) is 69.4 Å². The summed E-state index contributed by atoms with van der Waals surface area (Å²) in [5.41, 5.74) is 3.21. The number of nitrogens with two attached hydrogens (primary N) is 1. The molecule has 0 radical (unpaired) electrons. The number of para-hydroxylation sites is 1. The summed E-state index contributed by atoms with van der Waals surface area (Å²) in [4.78, 5) is 30.9. The Kier molecular flexibility index (Phi) is 6.18. The van der Waals surface area contributed by atoms with Crippen LogP contribution in [0.2, 0.25) is 0 Å². The first-order valence-electron chi connectivity index (χ1n) is 11.2. The minimum absolute atomic E-state index is 0.133.